The van der Waals surface area contributed by atoms with Crippen molar-refractivity contribution < 1.29 is 4.74 Å². The van der Waals surface area contributed by atoms with Gasteiger partial charge in [0.05, 0.1) is 24.2 Å². The van der Waals surface area contributed by atoms with Crippen molar-refractivity contribution >= 4 is 11.6 Å². The van der Waals surface area contributed by atoms with E-state index in [1.165, 1.54) is 5.56 Å². The number of rotatable bonds is 7. The molecule has 0 saturated carbocycles. The van der Waals surface area contributed by atoms with Crippen molar-refractivity contribution in [1.82, 2.24) is 15.0 Å². The van der Waals surface area contributed by atoms with E-state index in [0.717, 1.165) is 30.6 Å². The second-order valence-corrected chi connectivity index (χ2v) is 4.70. The van der Waals surface area contributed by atoms with Crippen LogP contribution in [0.4, 0.5) is 0 Å². The highest BCUT2D eigenvalue weighted by atomic mass is 35.5. The van der Waals surface area contributed by atoms with Crippen molar-refractivity contribution in [2.75, 3.05) is 19.6 Å². The van der Waals surface area contributed by atoms with Gasteiger partial charge in [0.25, 0.3) is 0 Å². The minimum absolute atomic E-state index is 0.650. The third kappa shape index (κ3) is 3.78. The molecule has 5 heteroatoms. The van der Waals surface area contributed by atoms with Gasteiger partial charge < -0.3 is 4.74 Å². The molecule has 0 unspecified atom stereocenters. The first-order valence-corrected chi connectivity index (χ1v) is 6.93. The molecule has 1 aromatic carbocycles. The fourth-order valence-corrected chi connectivity index (χ4v) is 2.07. The van der Waals surface area contributed by atoms with E-state index in [-0.39, 0.29) is 0 Å². The van der Waals surface area contributed by atoms with Crippen LogP contribution in [0.5, 0.6) is 0 Å². The van der Waals surface area contributed by atoms with E-state index < -0.39 is 0 Å². The van der Waals surface area contributed by atoms with Gasteiger partial charge in [-0.15, -0.1) is 16.7 Å². The molecule has 19 heavy (non-hydrogen) atoms. The summed E-state index contributed by atoms with van der Waals surface area (Å²) in [6, 6.07) is 8.17. The number of aryl methyl sites for hydroxylation is 1. The summed E-state index contributed by atoms with van der Waals surface area (Å²) >= 11 is 5.69. The number of hydrogen-bond donors (Lipinski definition) is 0. The molecule has 0 atom stereocenters. The monoisotopic (exact) mass is 279 g/mol. The number of ether oxygens (including phenoxy) is 1. The lowest BCUT2D eigenvalue weighted by Gasteiger charge is -2.07. The van der Waals surface area contributed by atoms with Crippen molar-refractivity contribution in [1.29, 1.82) is 0 Å². The van der Waals surface area contributed by atoms with E-state index in [1.54, 1.807) is 7.11 Å². The molecule has 1 aromatic heterocycles. The lowest BCUT2D eigenvalue weighted by molar-refractivity contribution is 0.202. The summed E-state index contributed by atoms with van der Waals surface area (Å²) in [7, 11) is 1.71. The van der Waals surface area contributed by atoms with Gasteiger partial charge >= 0.3 is 0 Å². The lowest BCUT2D eigenvalue weighted by atomic mass is 10.1. The quantitative estimate of drug-likeness (QED) is 0.732. The third-order valence-electron chi connectivity index (χ3n) is 2.92. The van der Waals surface area contributed by atoms with Gasteiger partial charge in [0.2, 0.25) is 0 Å². The maximum absolute atomic E-state index is 5.69. The van der Waals surface area contributed by atoms with Gasteiger partial charge in [-0.3, -0.25) is 0 Å². The average Bonchev–Trinajstić information content (AvgIpc) is 2.92. The van der Waals surface area contributed by atoms with Crippen LogP contribution in [0.2, 0.25) is 0 Å². The first-order valence-electron chi connectivity index (χ1n) is 6.39. The molecule has 0 amide bonds. The number of hydrogen-bond acceptors (Lipinski definition) is 3. The number of benzene rings is 1. The Bertz CT molecular complexity index is 513. The molecular formula is C14H18ClN3O. The maximum Gasteiger partial charge on any atom is 0.0832 e. The van der Waals surface area contributed by atoms with Crippen LogP contribution < -0.4 is 0 Å². The molecule has 2 rings (SSSR count). The summed E-state index contributed by atoms with van der Waals surface area (Å²) in [5, 5.41) is 8.37. The molecule has 0 aliphatic heterocycles. The smallest absolute Gasteiger partial charge is 0.0832 e. The average molecular weight is 280 g/mol. The number of halogens is 1. The van der Waals surface area contributed by atoms with Crippen LogP contribution >= 0.6 is 11.6 Å². The van der Waals surface area contributed by atoms with Gasteiger partial charge in [-0.2, -0.15) is 0 Å². The van der Waals surface area contributed by atoms with E-state index in [0.29, 0.717) is 12.5 Å². The number of alkyl halides is 1. The van der Waals surface area contributed by atoms with Gasteiger partial charge in [-0.25, -0.2) is 4.68 Å². The molecule has 0 bridgehead atoms. The summed E-state index contributed by atoms with van der Waals surface area (Å²) in [6.07, 6.45) is 4.62. The van der Waals surface area contributed by atoms with Crippen molar-refractivity contribution in [2.24, 2.45) is 0 Å². The first-order chi connectivity index (χ1) is 9.35. The van der Waals surface area contributed by atoms with E-state index in [4.69, 9.17) is 16.3 Å². The van der Waals surface area contributed by atoms with Crippen LogP contribution in [0.25, 0.3) is 5.69 Å². The Morgan fingerprint density at radius 3 is 2.89 bits per heavy atom. The van der Waals surface area contributed by atoms with E-state index in [9.17, 15) is 0 Å². The SMILES string of the molecule is COCCc1ccccc1-n1cc(CCCCl)nn1. The fourth-order valence-electron chi connectivity index (χ4n) is 1.94. The molecule has 2 aromatic rings. The molecule has 102 valence electrons. The van der Waals surface area contributed by atoms with Crippen LogP contribution in [-0.4, -0.2) is 34.6 Å². The highest BCUT2D eigenvalue weighted by molar-refractivity contribution is 6.17. The Labute approximate surface area is 118 Å². The Morgan fingerprint density at radius 1 is 1.26 bits per heavy atom. The molecule has 0 saturated heterocycles. The van der Waals surface area contributed by atoms with Crippen LogP contribution in [-0.2, 0) is 17.6 Å². The molecule has 0 fully saturated rings. The molecule has 0 radical (unpaired) electrons. The zero-order valence-electron chi connectivity index (χ0n) is 11.1. The number of methoxy groups -OCH3 is 1. The molecule has 0 aliphatic rings. The largest absolute Gasteiger partial charge is 0.384 e. The summed E-state index contributed by atoms with van der Waals surface area (Å²) in [5.74, 6) is 0.650. The van der Waals surface area contributed by atoms with Crippen LogP contribution in [0.3, 0.4) is 0 Å². The summed E-state index contributed by atoms with van der Waals surface area (Å²) in [4.78, 5) is 0. The Kier molecular flexibility index (Phi) is 5.36. The van der Waals surface area contributed by atoms with Gasteiger partial charge in [0.1, 0.15) is 0 Å². The second kappa shape index (κ2) is 7.26. The van der Waals surface area contributed by atoms with Crippen molar-refractivity contribution in [2.45, 2.75) is 19.3 Å². The third-order valence-corrected chi connectivity index (χ3v) is 3.19. The zero-order valence-corrected chi connectivity index (χ0v) is 11.8. The Balaban J connectivity index is 2.18. The first kappa shape index (κ1) is 14.0. The van der Waals surface area contributed by atoms with Crippen LogP contribution in [0.15, 0.2) is 30.5 Å². The molecular weight excluding hydrogens is 262 g/mol. The Hall–Kier alpha value is -1.39. The van der Waals surface area contributed by atoms with Gasteiger partial charge in [0.15, 0.2) is 0 Å². The number of aromatic nitrogens is 3. The van der Waals surface area contributed by atoms with Gasteiger partial charge in [0, 0.05) is 13.0 Å². The predicted molar refractivity (Wildman–Crippen MR) is 76.0 cm³/mol. The number of nitrogens with zero attached hydrogens (tertiary/aromatic N) is 3. The molecule has 1 heterocycles. The van der Waals surface area contributed by atoms with Crippen LogP contribution in [0, 0.1) is 0 Å². The van der Waals surface area contributed by atoms with E-state index >= 15 is 0 Å². The predicted octanol–water partition coefficient (Wildman–Crippen LogP) is 2.63. The van der Waals surface area contributed by atoms with Crippen molar-refractivity contribution in [3.63, 3.8) is 0 Å². The van der Waals surface area contributed by atoms with E-state index in [1.807, 2.05) is 29.1 Å². The summed E-state index contributed by atoms with van der Waals surface area (Å²) in [6.45, 7) is 0.699. The summed E-state index contributed by atoms with van der Waals surface area (Å²) < 4.78 is 6.96. The number of para-hydroxylation sites is 1. The van der Waals surface area contributed by atoms with E-state index in [2.05, 4.69) is 16.4 Å². The van der Waals surface area contributed by atoms with Crippen molar-refractivity contribution in [3.8, 4) is 5.69 Å². The minimum Gasteiger partial charge on any atom is -0.384 e. The maximum atomic E-state index is 5.69. The van der Waals surface area contributed by atoms with Gasteiger partial charge in [-0.1, -0.05) is 23.4 Å². The minimum atomic E-state index is 0.650. The Morgan fingerprint density at radius 2 is 2.11 bits per heavy atom. The topological polar surface area (TPSA) is 39.9 Å². The van der Waals surface area contributed by atoms with Crippen molar-refractivity contribution in [3.05, 3.63) is 41.7 Å². The molecule has 0 N–H and O–H groups in total. The zero-order chi connectivity index (χ0) is 13.5. The molecule has 0 aliphatic carbocycles. The lowest BCUT2D eigenvalue weighted by Crippen LogP contribution is -2.03. The normalized spacial score (nSPS) is 10.8. The fraction of sp³-hybridized carbons (Fsp3) is 0.429. The highest BCUT2D eigenvalue weighted by Crippen LogP contribution is 2.15. The molecule has 4 nitrogen and oxygen atoms in total. The molecule has 0 spiro atoms. The highest BCUT2D eigenvalue weighted by Gasteiger charge is 2.07. The summed E-state index contributed by atoms with van der Waals surface area (Å²) in [5.41, 5.74) is 3.24. The standard InChI is InChI=1S/C14H18ClN3O/c1-19-10-8-12-5-2-3-7-14(12)18-11-13(16-17-18)6-4-9-15/h2-3,5,7,11H,4,6,8-10H2,1H3. The van der Waals surface area contributed by atoms with Crippen LogP contribution in [0.1, 0.15) is 17.7 Å². The second-order valence-electron chi connectivity index (χ2n) is 4.32. The van der Waals surface area contributed by atoms with Gasteiger partial charge in [-0.05, 0) is 30.9 Å².